The van der Waals surface area contributed by atoms with Gasteiger partial charge < -0.3 is 4.57 Å². The molecule has 0 N–H and O–H groups in total. The van der Waals surface area contributed by atoms with Crippen molar-refractivity contribution in [3.05, 3.63) is 34.5 Å². The highest BCUT2D eigenvalue weighted by Gasteiger charge is 2.06. The minimum absolute atomic E-state index is 0.0767. The monoisotopic (exact) mass is 178 g/mol. The smallest absolute Gasteiger partial charge is 0.302 e. The summed E-state index contributed by atoms with van der Waals surface area (Å²) < 4.78 is 3.37. The van der Waals surface area contributed by atoms with Crippen molar-refractivity contribution in [2.75, 3.05) is 0 Å². The standard InChI is InChI=1S/C10H14N2O/c1-11-6-7-12(10(11)13)8-9-4-2-3-5-9/h4,6-7H,2-3,5,8H2,1H3. The van der Waals surface area contributed by atoms with Gasteiger partial charge in [0.1, 0.15) is 0 Å². The zero-order valence-electron chi connectivity index (χ0n) is 7.86. The number of aromatic nitrogens is 2. The molecule has 0 saturated heterocycles. The van der Waals surface area contributed by atoms with E-state index in [0.29, 0.717) is 0 Å². The summed E-state index contributed by atoms with van der Waals surface area (Å²) in [5, 5.41) is 0. The van der Waals surface area contributed by atoms with Gasteiger partial charge >= 0.3 is 5.69 Å². The van der Waals surface area contributed by atoms with E-state index in [9.17, 15) is 4.79 Å². The molecule has 70 valence electrons. The van der Waals surface area contributed by atoms with Crippen LogP contribution in [0.5, 0.6) is 0 Å². The van der Waals surface area contributed by atoms with Gasteiger partial charge in [0.25, 0.3) is 0 Å². The number of imidazole rings is 1. The van der Waals surface area contributed by atoms with Crippen molar-refractivity contribution in [2.45, 2.75) is 25.8 Å². The van der Waals surface area contributed by atoms with Crippen molar-refractivity contribution in [1.29, 1.82) is 0 Å². The Morgan fingerprint density at radius 1 is 1.46 bits per heavy atom. The number of aryl methyl sites for hydroxylation is 1. The number of nitrogens with zero attached hydrogens (tertiary/aromatic N) is 2. The van der Waals surface area contributed by atoms with Gasteiger partial charge in [-0.25, -0.2) is 4.79 Å². The van der Waals surface area contributed by atoms with Crippen LogP contribution < -0.4 is 5.69 Å². The molecule has 0 atom stereocenters. The van der Waals surface area contributed by atoms with Crippen LogP contribution in [0.2, 0.25) is 0 Å². The van der Waals surface area contributed by atoms with E-state index in [2.05, 4.69) is 6.08 Å². The fourth-order valence-corrected chi connectivity index (χ4v) is 1.73. The first-order valence-electron chi connectivity index (χ1n) is 4.67. The van der Waals surface area contributed by atoms with E-state index in [4.69, 9.17) is 0 Å². The number of hydrogen-bond donors (Lipinski definition) is 0. The van der Waals surface area contributed by atoms with Crippen LogP contribution in [0.4, 0.5) is 0 Å². The zero-order valence-corrected chi connectivity index (χ0v) is 7.86. The van der Waals surface area contributed by atoms with Gasteiger partial charge in [0.2, 0.25) is 0 Å². The summed E-state index contributed by atoms with van der Waals surface area (Å²) in [6.07, 6.45) is 9.48. The Hall–Kier alpha value is -1.25. The van der Waals surface area contributed by atoms with Crippen molar-refractivity contribution < 1.29 is 0 Å². The summed E-state index contributed by atoms with van der Waals surface area (Å²) in [7, 11) is 1.78. The van der Waals surface area contributed by atoms with Crippen molar-refractivity contribution in [3.8, 4) is 0 Å². The fraction of sp³-hybridized carbons (Fsp3) is 0.500. The molecule has 3 nitrogen and oxygen atoms in total. The highest BCUT2D eigenvalue weighted by Crippen LogP contribution is 2.18. The zero-order chi connectivity index (χ0) is 9.26. The molecule has 0 aliphatic heterocycles. The molecule has 2 rings (SSSR count). The Balaban J connectivity index is 2.18. The molecule has 0 unspecified atom stereocenters. The van der Waals surface area contributed by atoms with Gasteiger partial charge in [-0.15, -0.1) is 0 Å². The molecule has 3 heteroatoms. The van der Waals surface area contributed by atoms with Crippen LogP contribution in [0.15, 0.2) is 28.8 Å². The molecule has 13 heavy (non-hydrogen) atoms. The van der Waals surface area contributed by atoms with Gasteiger partial charge in [0, 0.05) is 26.0 Å². The predicted molar refractivity (Wildman–Crippen MR) is 51.6 cm³/mol. The molecule has 1 aromatic rings. The molecule has 0 bridgehead atoms. The first-order valence-corrected chi connectivity index (χ1v) is 4.67. The molecule has 0 spiro atoms. The third kappa shape index (κ3) is 1.59. The Kier molecular flexibility index (Phi) is 2.08. The topological polar surface area (TPSA) is 26.9 Å². The molecule has 1 aromatic heterocycles. The van der Waals surface area contributed by atoms with Crippen molar-refractivity contribution >= 4 is 0 Å². The summed E-state index contributed by atoms with van der Waals surface area (Å²) in [4.78, 5) is 11.5. The SMILES string of the molecule is Cn1ccn(CC2=CCCC2)c1=O. The Morgan fingerprint density at radius 2 is 2.31 bits per heavy atom. The van der Waals surface area contributed by atoms with E-state index in [1.807, 2.05) is 6.20 Å². The summed E-state index contributed by atoms with van der Waals surface area (Å²) in [6.45, 7) is 0.777. The summed E-state index contributed by atoms with van der Waals surface area (Å²) in [5.74, 6) is 0. The molecule has 1 aliphatic rings. The van der Waals surface area contributed by atoms with Crippen LogP contribution in [-0.2, 0) is 13.6 Å². The van der Waals surface area contributed by atoms with Crippen LogP contribution in [-0.4, -0.2) is 9.13 Å². The van der Waals surface area contributed by atoms with E-state index < -0.39 is 0 Å². The van der Waals surface area contributed by atoms with E-state index in [1.54, 1.807) is 22.4 Å². The summed E-state index contributed by atoms with van der Waals surface area (Å²) in [5.41, 5.74) is 1.47. The highest BCUT2D eigenvalue weighted by molar-refractivity contribution is 5.07. The summed E-state index contributed by atoms with van der Waals surface area (Å²) in [6, 6.07) is 0. The van der Waals surface area contributed by atoms with Crippen LogP contribution in [0.3, 0.4) is 0 Å². The first-order chi connectivity index (χ1) is 6.27. The minimum atomic E-state index is 0.0767. The van der Waals surface area contributed by atoms with Gasteiger partial charge in [-0.05, 0) is 19.3 Å². The van der Waals surface area contributed by atoms with E-state index in [1.165, 1.54) is 18.4 Å². The molecule has 1 heterocycles. The lowest BCUT2D eigenvalue weighted by atomic mass is 10.2. The maximum absolute atomic E-state index is 11.5. The first kappa shape index (κ1) is 8.35. The number of hydrogen-bond acceptors (Lipinski definition) is 1. The fourth-order valence-electron chi connectivity index (χ4n) is 1.73. The van der Waals surface area contributed by atoms with Crippen molar-refractivity contribution in [1.82, 2.24) is 9.13 Å². The third-order valence-corrected chi connectivity index (χ3v) is 2.53. The summed E-state index contributed by atoms with van der Waals surface area (Å²) >= 11 is 0. The van der Waals surface area contributed by atoms with E-state index in [-0.39, 0.29) is 5.69 Å². The lowest BCUT2D eigenvalue weighted by Gasteiger charge is -2.01. The molecule has 0 fully saturated rings. The van der Waals surface area contributed by atoms with Gasteiger partial charge in [0.05, 0.1) is 0 Å². The predicted octanol–water partition coefficient (Wildman–Crippen LogP) is 1.30. The second-order valence-electron chi connectivity index (χ2n) is 3.57. The Bertz CT molecular complexity index is 384. The van der Waals surface area contributed by atoms with Crippen LogP contribution in [0.1, 0.15) is 19.3 Å². The van der Waals surface area contributed by atoms with Crippen molar-refractivity contribution in [2.24, 2.45) is 7.05 Å². The van der Waals surface area contributed by atoms with Crippen LogP contribution in [0, 0.1) is 0 Å². The maximum atomic E-state index is 11.5. The van der Waals surface area contributed by atoms with E-state index in [0.717, 1.165) is 13.0 Å². The largest absolute Gasteiger partial charge is 0.328 e. The lowest BCUT2D eigenvalue weighted by molar-refractivity contribution is 0.693. The van der Waals surface area contributed by atoms with Gasteiger partial charge in [0.15, 0.2) is 0 Å². The molecular weight excluding hydrogens is 164 g/mol. The third-order valence-electron chi connectivity index (χ3n) is 2.53. The normalized spacial score (nSPS) is 16.2. The quantitative estimate of drug-likeness (QED) is 0.627. The second kappa shape index (κ2) is 3.24. The van der Waals surface area contributed by atoms with Gasteiger partial charge in [-0.2, -0.15) is 0 Å². The average molecular weight is 178 g/mol. The lowest BCUT2D eigenvalue weighted by Crippen LogP contribution is -2.22. The molecule has 0 amide bonds. The van der Waals surface area contributed by atoms with Crippen LogP contribution in [0.25, 0.3) is 0 Å². The van der Waals surface area contributed by atoms with Gasteiger partial charge in [-0.1, -0.05) is 11.6 Å². The molecule has 0 aromatic carbocycles. The maximum Gasteiger partial charge on any atom is 0.328 e. The number of rotatable bonds is 2. The van der Waals surface area contributed by atoms with E-state index >= 15 is 0 Å². The molecule has 0 saturated carbocycles. The molecular formula is C10H14N2O. The average Bonchev–Trinajstić information content (AvgIpc) is 2.71. The number of allylic oxidation sites excluding steroid dienone is 2. The molecule has 0 radical (unpaired) electrons. The minimum Gasteiger partial charge on any atom is -0.302 e. The van der Waals surface area contributed by atoms with Gasteiger partial charge in [-0.3, -0.25) is 4.57 Å². The Labute approximate surface area is 77.3 Å². The second-order valence-corrected chi connectivity index (χ2v) is 3.57. The highest BCUT2D eigenvalue weighted by atomic mass is 16.1. The molecule has 1 aliphatic carbocycles. The Morgan fingerprint density at radius 3 is 2.85 bits per heavy atom. The van der Waals surface area contributed by atoms with Crippen molar-refractivity contribution in [3.63, 3.8) is 0 Å². The van der Waals surface area contributed by atoms with Crippen LogP contribution >= 0.6 is 0 Å².